The zero-order valence-electron chi connectivity index (χ0n) is 7.56. The standard InChI is InChI=1S/C10H10N2O2/c13-10-8-2-4-12(7-5-14-6-7)9(8)1-3-11-10/h1-4,7H,5-6H2,(H,11,13). The Hall–Kier alpha value is -1.55. The van der Waals surface area contributed by atoms with Crippen LogP contribution in [0.3, 0.4) is 0 Å². The zero-order valence-corrected chi connectivity index (χ0v) is 7.56. The molecule has 1 N–H and O–H groups in total. The van der Waals surface area contributed by atoms with Gasteiger partial charge >= 0.3 is 0 Å². The highest BCUT2D eigenvalue weighted by Gasteiger charge is 2.21. The van der Waals surface area contributed by atoms with Crippen LogP contribution in [0.15, 0.2) is 29.3 Å². The van der Waals surface area contributed by atoms with Crippen LogP contribution in [0.1, 0.15) is 6.04 Å². The van der Waals surface area contributed by atoms with Crippen LogP contribution in [-0.2, 0) is 4.74 Å². The molecule has 0 unspecified atom stereocenters. The maximum Gasteiger partial charge on any atom is 0.257 e. The number of nitrogens with one attached hydrogen (secondary N) is 1. The summed E-state index contributed by atoms with van der Waals surface area (Å²) in [6, 6.07) is 4.18. The third-order valence-electron chi connectivity index (χ3n) is 2.67. The van der Waals surface area contributed by atoms with Crippen molar-refractivity contribution in [1.82, 2.24) is 9.55 Å². The van der Waals surface area contributed by atoms with Gasteiger partial charge in [0.2, 0.25) is 0 Å². The number of fused-ring (bicyclic) bond motifs is 1. The highest BCUT2D eigenvalue weighted by molar-refractivity contribution is 5.78. The molecule has 4 heteroatoms. The van der Waals surface area contributed by atoms with Crippen molar-refractivity contribution in [2.45, 2.75) is 6.04 Å². The van der Waals surface area contributed by atoms with E-state index in [9.17, 15) is 4.79 Å². The highest BCUT2D eigenvalue weighted by Crippen LogP contribution is 2.22. The Kier molecular flexibility index (Phi) is 1.52. The van der Waals surface area contributed by atoms with Gasteiger partial charge in [0.05, 0.1) is 30.2 Å². The zero-order chi connectivity index (χ0) is 9.54. The molecule has 0 radical (unpaired) electrons. The number of H-pyrrole nitrogens is 1. The van der Waals surface area contributed by atoms with E-state index < -0.39 is 0 Å². The first-order valence-electron chi connectivity index (χ1n) is 4.62. The number of nitrogens with zero attached hydrogens (tertiary/aromatic N) is 1. The first-order valence-corrected chi connectivity index (χ1v) is 4.62. The largest absolute Gasteiger partial charge is 0.377 e. The van der Waals surface area contributed by atoms with Crippen LogP contribution in [-0.4, -0.2) is 22.8 Å². The van der Waals surface area contributed by atoms with Gasteiger partial charge in [0.15, 0.2) is 0 Å². The molecule has 1 saturated heterocycles. The topological polar surface area (TPSA) is 47.0 Å². The number of rotatable bonds is 1. The highest BCUT2D eigenvalue weighted by atomic mass is 16.5. The van der Waals surface area contributed by atoms with Crippen molar-refractivity contribution in [3.63, 3.8) is 0 Å². The van der Waals surface area contributed by atoms with E-state index in [2.05, 4.69) is 9.55 Å². The normalized spacial score (nSPS) is 17.1. The predicted octanol–water partition coefficient (Wildman–Crippen LogP) is 0.901. The molecule has 0 aliphatic carbocycles. The average Bonchev–Trinajstić information content (AvgIpc) is 2.48. The molecule has 3 rings (SSSR count). The quantitative estimate of drug-likeness (QED) is 0.726. The van der Waals surface area contributed by atoms with Gasteiger partial charge in [0.25, 0.3) is 5.56 Å². The fourth-order valence-electron chi connectivity index (χ4n) is 1.80. The summed E-state index contributed by atoms with van der Waals surface area (Å²) in [5, 5.41) is 0.749. The van der Waals surface area contributed by atoms with Crippen LogP contribution in [0, 0.1) is 0 Å². The molecule has 2 aromatic rings. The Balaban J connectivity index is 2.25. The fraction of sp³-hybridized carbons (Fsp3) is 0.300. The van der Waals surface area contributed by atoms with Crippen molar-refractivity contribution < 1.29 is 4.74 Å². The number of hydrogen-bond donors (Lipinski definition) is 1. The number of aromatic amines is 1. The van der Waals surface area contributed by atoms with Gasteiger partial charge in [-0.2, -0.15) is 0 Å². The van der Waals surface area contributed by atoms with Gasteiger partial charge in [-0.1, -0.05) is 0 Å². The van der Waals surface area contributed by atoms with Gasteiger partial charge in [0, 0.05) is 12.4 Å². The minimum absolute atomic E-state index is 0.0264. The van der Waals surface area contributed by atoms with Crippen LogP contribution in [0.5, 0.6) is 0 Å². The molecular formula is C10H10N2O2. The molecule has 14 heavy (non-hydrogen) atoms. The van der Waals surface area contributed by atoms with Crippen molar-refractivity contribution in [3.05, 3.63) is 34.9 Å². The number of aromatic nitrogens is 2. The monoisotopic (exact) mass is 190 g/mol. The minimum atomic E-state index is -0.0264. The van der Waals surface area contributed by atoms with Gasteiger partial charge in [-0.05, 0) is 12.1 Å². The summed E-state index contributed by atoms with van der Waals surface area (Å²) < 4.78 is 7.24. The summed E-state index contributed by atoms with van der Waals surface area (Å²) in [4.78, 5) is 14.1. The van der Waals surface area contributed by atoms with Crippen molar-refractivity contribution in [1.29, 1.82) is 0 Å². The maximum absolute atomic E-state index is 11.4. The van der Waals surface area contributed by atoms with Crippen molar-refractivity contribution in [2.24, 2.45) is 0 Å². The van der Waals surface area contributed by atoms with E-state index in [0.29, 0.717) is 6.04 Å². The molecule has 0 atom stereocenters. The lowest BCUT2D eigenvalue weighted by molar-refractivity contribution is -0.0213. The van der Waals surface area contributed by atoms with Crippen molar-refractivity contribution in [3.8, 4) is 0 Å². The second-order valence-electron chi connectivity index (χ2n) is 3.52. The van der Waals surface area contributed by atoms with Crippen LogP contribution >= 0.6 is 0 Å². The second-order valence-corrected chi connectivity index (χ2v) is 3.52. The van der Waals surface area contributed by atoms with Crippen molar-refractivity contribution in [2.75, 3.05) is 13.2 Å². The van der Waals surface area contributed by atoms with Gasteiger partial charge in [-0.25, -0.2) is 0 Å². The van der Waals surface area contributed by atoms with Gasteiger partial charge in [-0.15, -0.1) is 0 Å². The van der Waals surface area contributed by atoms with Crippen LogP contribution in [0.25, 0.3) is 10.9 Å². The molecule has 0 spiro atoms. The van der Waals surface area contributed by atoms with Crippen molar-refractivity contribution >= 4 is 10.9 Å². The lowest BCUT2D eigenvalue weighted by Crippen LogP contribution is -2.30. The predicted molar refractivity (Wildman–Crippen MR) is 52.4 cm³/mol. The SMILES string of the molecule is O=c1[nH]ccc2c1ccn2C1COC1. The second kappa shape index (κ2) is 2.72. The lowest BCUT2D eigenvalue weighted by atomic mass is 10.2. The van der Waals surface area contributed by atoms with Gasteiger partial charge in [0.1, 0.15) is 0 Å². The van der Waals surface area contributed by atoms with E-state index in [1.54, 1.807) is 6.20 Å². The Bertz CT molecular complexity index is 522. The summed E-state index contributed by atoms with van der Waals surface area (Å²) in [5.74, 6) is 0. The molecule has 1 fully saturated rings. The molecule has 0 amide bonds. The Morgan fingerprint density at radius 1 is 1.43 bits per heavy atom. The van der Waals surface area contributed by atoms with Crippen LogP contribution in [0.2, 0.25) is 0 Å². The summed E-state index contributed by atoms with van der Waals surface area (Å²) in [7, 11) is 0. The summed E-state index contributed by atoms with van der Waals surface area (Å²) in [6.45, 7) is 1.49. The third kappa shape index (κ3) is 0.943. The minimum Gasteiger partial charge on any atom is -0.377 e. The number of ether oxygens (including phenoxy) is 1. The first-order chi connectivity index (χ1) is 6.86. The average molecular weight is 190 g/mol. The molecule has 4 nitrogen and oxygen atoms in total. The Labute approximate surface area is 80.1 Å². The van der Waals surface area contributed by atoms with Crippen LogP contribution in [0.4, 0.5) is 0 Å². The summed E-state index contributed by atoms with van der Waals surface area (Å²) in [6.07, 6.45) is 3.63. The molecule has 72 valence electrons. The van der Waals surface area contributed by atoms with E-state index in [1.165, 1.54) is 0 Å². The Morgan fingerprint density at radius 3 is 3.00 bits per heavy atom. The molecule has 0 aromatic carbocycles. The molecule has 0 saturated carbocycles. The summed E-state index contributed by atoms with van der Waals surface area (Å²) in [5.41, 5.74) is 0.962. The first kappa shape index (κ1) is 7.82. The van der Waals surface area contributed by atoms with Gasteiger partial charge in [-0.3, -0.25) is 4.79 Å². The smallest absolute Gasteiger partial charge is 0.257 e. The van der Waals surface area contributed by atoms with E-state index in [4.69, 9.17) is 4.74 Å². The third-order valence-corrected chi connectivity index (χ3v) is 2.67. The maximum atomic E-state index is 11.4. The molecule has 3 heterocycles. The fourth-order valence-corrected chi connectivity index (χ4v) is 1.80. The number of hydrogen-bond acceptors (Lipinski definition) is 2. The van der Waals surface area contributed by atoms with E-state index in [0.717, 1.165) is 24.1 Å². The van der Waals surface area contributed by atoms with E-state index in [-0.39, 0.29) is 5.56 Å². The van der Waals surface area contributed by atoms with E-state index in [1.807, 2.05) is 18.3 Å². The number of pyridine rings is 1. The molecule has 1 aliphatic rings. The molecular weight excluding hydrogens is 180 g/mol. The molecule has 2 aromatic heterocycles. The lowest BCUT2D eigenvalue weighted by Gasteiger charge is -2.28. The van der Waals surface area contributed by atoms with E-state index >= 15 is 0 Å². The van der Waals surface area contributed by atoms with Gasteiger partial charge < -0.3 is 14.3 Å². The Morgan fingerprint density at radius 2 is 2.29 bits per heavy atom. The summed E-state index contributed by atoms with van der Waals surface area (Å²) >= 11 is 0. The molecule has 0 bridgehead atoms. The molecule has 1 aliphatic heterocycles. The van der Waals surface area contributed by atoms with Crippen LogP contribution < -0.4 is 5.56 Å².